The Morgan fingerprint density at radius 2 is 1.94 bits per heavy atom. The molecule has 1 aromatic carbocycles. The van der Waals surface area contributed by atoms with Crippen molar-refractivity contribution in [2.45, 2.75) is 0 Å². The summed E-state index contributed by atoms with van der Waals surface area (Å²) in [7, 11) is 2.58. The molecule has 0 aliphatic rings. The average Bonchev–Trinajstić information content (AvgIpc) is 2.32. The van der Waals surface area contributed by atoms with Crippen molar-refractivity contribution in [2.24, 2.45) is 0 Å². The van der Waals surface area contributed by atoms with Gasteiger partial charge in [-0.25, -0.2) is 4.39 Å². The van der Waals surface area contributed by atoms with E-state index in [2.05, 4.69) is 4.74 Å². The summed E-state index contributed by atoms with van der Waals surface area (Å²) < 4.78 is 17.7. The van der Waals surface area contributed by atoms with Gasteiger partial charge in [0.05, 0.1) is 22.7 Å². The summed E-state index contributed by atoms with van der Waals surface area (Å²) in [6.45, 7) is -0.254. The Bertz CT molecular complexity index is 493. The van der Waals surface area contributed by atoms with Gasteiger partial charge in [-0.3, -0.25) is 9.59 Å². The molecule has 98 valence electrons. The third-order valence-electron chi connectivity index (χ3n) is 2.18. The van der Waals surface area contributed by atoms with Crippen molar-refractivity contribution in [3.05, 3.63) is 33.6 Å². The number of ether oxygens (including phenoxy) is 1. The maximum atomic E-state index is 13.3. The van der Waals surface area contributed by atoms with E-state index in [1.165, 1.54) is 14.2 Å². The van der Waals surface area contributed by atoms with Crippen LogP contribution < -0.4 is 0 Å². The number of amides is 1. The molecular formula is C11H10Cl2FNO3. The van der Waals surface area contributed by atoms with Crippen molar-refractivity contribution >= 4 is 35.1 Å². The SMILES string of the molecule is COC(=O)CN(C)C(=O)c1cc(F)c(Cl)cc1Cl. The molecule has 0 fully saturated rings. The number of hydrogen-bond acceptors (Lipinski definition) is 3. The fraction of sp³-hybridized carbons (Fsp3) is 0.273. The summed E-state index contributed by atoms with van der Waals surface area (Å²) in [5.41, 5.74) is -0.0648. The van der Waals surface area contributed by atoms with Gasteiger partial charge < -0.3 is 9.64 Å². The van der Waals surface area contributed by atoms with Gasteiger partial charge in [0.1, 0.15) is 12.4 Å². The molecule has 0 unspecified atom stereocenters. The molecule has 7 heteroatoms. The predicted molar refractivity (Wildman–Crippen MR) is 65.4 cm³/mol. The molecule has 0 aliphatic heterocycles. The molecule has 0 aliphatic carbocycles. The van der Waals surface area contributed by atoms with E-state index < -0.39 is 17.7 Å². The second-order valence-electron chi connectivity index (χ2n) is 3.48. The number of halogens is 3. The highest BCUT2D eigenvalue weighted by atomic mass is 35.5. The molecule has 4 nitrogen and oxygen atoms in total. The summed E-state index contributed by atoms with van der Waals surface area (Å²) >= 11 is 11.3. The van der Waals surface area contributed by atoms with E-state index >= 15 is 0 Å². The molecule has 0 spiro atoms. The van der Waals surface area contributed by atoms with E-state index in [0.29, 0.717) is 0 Å². The van der Waals surface area contributed by atoms with E-state index in [9.17, 15) is 14.0 Å². The number of esters is 1. The van der Waals surface area contributed by atoms with E-state index in [1.807, 2.05) is 0 Å². The maximum absolute atomic E-state index is 13.3. The number of benzene rings is 1. The van der Waals surface area contributed by atoms with Gasteiger partial charge in [-0.2, -0.15) is 0 Å². The van der Waals surface area contributed by atoms with Crippen LogP contribution in [-0.2, 0) is 9.53 Å². The Labute approximate surface area is 113 Å². The predicted octanol–water partition coefficient (Wildman–Crippen LogP) is 2.38. The third kappa shape index (κ3) is 3.34. The summed E-state index contributed by atoms with van der Waals surface area (Å²) in [5, 5.41) is -0.157. The van der Waals surface area contributed by atoms with Gasteiger partial charge in [0.15, 0.2) is 0 Å². The van der Waals surface area contributed by atoms with Gasteiger partial charge in [-0.1, -0.05) is 23.2 Å². The van der Waals surface area contributed by atoms with E-state index in [-0.39, 0.29) is 22.2 Å². The van der Waals surface area contributed by atoms with Crippen LogP contribution >= 0.6 is 23.2 Å². The van der Waals surface area contributed by atoms with Crippen LogP contribution in [0.25, 0.3) is 0 Å². The van der Waals surface area contributed by atoms with Crippen LogP contribution in [0.2, 0.25) is 10.0 Å². The van der Waals surface area contributed by atoms with Crippen molar-refractivity contribution in [3.63, 3.8) is 0 Å². The number of likely N-dealkylation sites (N-methyl/N-ethyl adjacent to an activating group) is 1. The summed E-state index contributed by atoms with van der Waals surface area (Å²) in [6, 6.07) is 2.07. The molecule has 1 rings (SSSR count). The number of carbonyl (C=O) groups excluding carboxylic acids is 2. The third-order valence-corrected chi connectivity index (χ3v) is 2.78. The first-order valence-electron chi connectivity index (χ1n) is 4.83. The van der Waals surface area contributed by atoms with Crippen LogP contribution in [0.3, 0.4) is 0 Å². The zero-order valence-corrected chi connectivity index (χ0v) is 11.2. The highest BCUT2D eigenvalue weighted by molar-refractivity contribution is 6.36. The Morgan fingerprint density at radius 3 is 2.50 bits per heavy atom. The normalized spacial score (nSPS) is 10.1. The fourth-order valence-electron chi connectivity index (χ4n) is 1.22. The number of nitrogens with zero attached hydrogens (tertiary/aromatic N) is 1. The summed E-state index contributed by atoms with van der Waals surface area (Å²) in [4.78, 5) is 24.0. The Balaban J connectivity index is 2.97. The Kier molecular flexibility index (Phi) is 4.93. The molecular weight excluding hydrogens is 284 g/mol. The smallest absolute Gasteiger partial charge is 0.325 e. The van der Waals surface area contributed by atoms with E-state index in [4.69, 9.17) is 23.2 Å². The first kappa shape index (κ1) is 14.7. The molecule has 0 radical (unpaired) electrons. The number of rotatable bonds is 3. The minimum Gasteiger partial charge on any atom is -0.468 e. The quantitative estimate of drug-likeness (QED) is 0.635. The van der Waals surface area contributed by atoms with Crippen LogP contribution in [0.4, 0.5) is 4.39 Å². The van der Waals surface area contributed by atoms with Crippen LogP contribution in [0.15, 0.2) is 12.1 Å². The van der Waals surface area contributed by atoms with Gasteiger partial charge in [0, 0.05) is 7.05 Å². The second-order valence-corrected chi connectivity index (χ2v) is 4.30. The molecule has 0 heterocycles. The summed E-state index contributed by atoms with van der Waals surface area (Å²) in [6.07, 6.45) is 0. The van der Waals surface area contributed by atoms with Gasteiger partial charge in [0.25, 0.3) is 5.91 Å². The monoisotopic (exact) mass is 293 g/mol. The van der Waals surface area contributed by atoms with Crippen molar-refractivity contribution in [1.29, 1.82) is 0 Å². The number of methoxy groups -OCH3 is 1. The van der Waals surface area contributed by atoms with E-state index in [0.717, 1.165) is 17.0 Å². The minimum absolute atomic E-state index is 0.0168. The van der Waals surface area contributed by atoms with Gasteiger partial charge in [-0.15, -0.1) is 0 Å². The van der Waals surface area contributed by atoms with E-state index in [1.54, 1.807) is 0 Å². The van der Waals surface area contributed by atoms with Crippen LogP contribution in [-0.4, -0.2) is 37.5 Å². The average molecular weight is 294 g/mol. The molecule has 1 amide bonds. The highest BCUT2D eigenvalue weighted by Crippen LogP contribution is 2.25. The van der Waals surface area contributed by atoms with Crippen molar-refractivity contribution in [2.75, 3.05) is 20.7 Å². The van der Waals surface area contributed by atoms with Gasteiger partial charge in [0.2, 0.25) is 0 Å². The zero-order chi connectivity index (χ0) is 13.9. The lowest BCUT2D eigenvalue weighted by molar-refractivity contribution is -0.141. The van der Waals surface area contributed by atoms with Crippen LogP contribution in [0.1, 0.15) is 10.4 Å². The first-order valence-corrected chi connectivity index (χ1v) is 5.59. The molecule has 0 aromatic heterocycles. The van der Waals surface area contributed by atoms with Crippen LogP contribution in [0.5, 0.6) is 0 Å². The van der Waals surface area contributed by atoms with Crippen molar-refractivity contribution < 1.29 is 18.7 Å². The Hall–Kier alpha value is -1.33. The first-order chi connectivity index (χ1) is 8.36. The van der Waals surface area contributed by atoms with Crippen molar-refractivity contribution in [3.8, 4) is 0 Å². The number of carbonyl (C=O) groups is 2. The summed E-state index contributed by atoms with van der Waals surface area (Å²) in [5.74, 6) is -1.94. The lowest BCUT2D eigenvalue weighted by Gasteiger charge is -2.16. The molecule has 0 saturated carbocycles. The second kappa shape index (κ2) is 6.02. The lowest BCUT2D eigenvalue weighted by atomic mass is 10.2. The van der Waals surface area contributed by atoms with Crippen LogP contribution in [0, 0.1) is 5.82 Å². The minimum atomic E-state index is -0.754. The van der Waals surface area contributed by atoms with Gasteiger partial charge in [-0.05, 0) is 12.1 Å². The fourth-order valence-corrected chi connectivity index (χ4v) is 1.69. The zero-order valence-electron chi connectivity index (χ0n) is 9.67. The Morgan fingerprint density at radius 1 is 1.33 bits per heavy atom. The molecule has 0 saturated heterocycles. The molecule has 0 atom stereocenters. The molecule has 1 aromatic rings. The lowest BCUT2D eigenvalue weighted by Crippen LogP contribution is -2.32. The molecule has 0 bridgehead atoms. The largest absolute Gasteiger partial charge is 0.468 e. The number of hydrogen-bond donors (Lipinski definition) is 0. The molecule has 18 heavy (non-hydrogen) atoms. The topological polar surface area (TPSA) is 46.6 Å². The standard InChI is InChI=1S/C11H10Cl2FNO3/c1-15(5-10(16)18-2)11(17)6-3-9(14)8(13)4-7(6)12/h3-4H,5H2,1-2H3. The maximum Gasteiger partial charge on any atom is 0.325 e. The van der Waals surface area contributed by atoms with Crippen molar-refractivity contribution in [1.82, 2.24) is 4.90 Å². The van der Waals surface area contributed by atoms with Gasteiger partial charge >= 0.3 is 5.97 Å². The molecule has 0 N–H and O–H groups in total. The highest BCUT2D eigenvalue weighted by Gasteiger charge is 2.19.